The van der Waals surface area contributed by atoms with E-state index in [1.54, 1.807) is 0 Å². The van der Waals surface area contributed by atoms with Gasteiger partial charge in [0.05, 0.1) is 6.04 Å². The third-order valence-electron chi connectivity index (χ3n) is 1.40. The number of aldehydes is 1. The van der Waals surface area contributed by atoms with Gasteiger partial charge in [-0.1, -0.05) is 0 Å². The van der Waals surface area contributed by atoms with Crippen molar-refractivity contribution in [2.24, 2.45) is 0 Å². The van der Waals surface area contributed by atoms with Crippen LogP contribution < -0.4 is 10.6 Å². The molecule has 0 radical (unpaired) electrons. The molecule has 1 fully saturated rings. The Kier molecular flexibility index (Phi) is 2.39. The summed E-state index contributed by atoms with van der Waals surface area (Å²) >= 11 is 0. The summed E-state index contributed by atoms with van der Waals surface area (Å²) in [6, 6.07) is -0.338. The molecule has 1 aliphatic heterocycles. The van der Waals surface area contributed by atoms with Crippen molar-refractivity contribution in [3.8, 4) is 0 Å². The number of rotatable bonds is 1. The summed E-state index contributed by atoms with van der Waals surface area (Å²) in [5, 5.41) is 5.52. The summed E-state index contributed by atoms with van der Waals surface area (Å²) in [6.07, 6.45) is 1.21. The van der Waals surface area contributed by atoms with E-state index in [9.17, 15) is 9.59 Å². The van der Waals surface area contributed by atoms with Crippen molar-refractivity contribution in [1.29, 1.82) is 0 Å². The molecular formula is C6H10N2O2. The Labute approximate surface area is 59.0 Å². The highest BCUT2D eigenvalue weighted by molar-refractivity contribution is 5.80. The molecule has 56 valence electrons. The van der Waals surface area contributed by atoms with E-state index < -0.39 is 0 Å². The molecule has 0 saturated carbocycles. The van der Waals surface area contributed by atoms with Crippen molar-refractivity contribution in [3.63, 3.8) is 0 Å². The number of carbonyl (C=O) groups is 2. The topological polar surface area (TPSA) is 58.2 Å². The smallest absolute Gasteiger partial charge is 0.221 e. The molecule has 1 aliphatic rings. The van der Waals surface area contributed by atoms with Crippen molar-refractivity contribution in [2.45, 2.75) is 12.5 Å². The number of hydrogen-bond donors (Lipinski definition) is 2. The van der Waals surface area contributed by atoms with Crippen LogP contribution in [0, 0.1) is 0 Å². The van der Waals surface area contributed by atoms with Gasteiger partial charge in [0.1, 0.15) is 6.29 Å². The molecule has 0 spiro atoms. The van der Waals surface area contributed by atoms with Crippen LogP contribution in [0.5, 0.6) is 0 Å². The second-order valence-corrected chi connectivity index (χ2v) is 2.26. The van der Waals surface area contributed by atoms with E-state index in [-0.39, 0.29) is 11.9 Å². The van der Waals surface area contributed by atoms with Crippen molar-refractivity contribution in [1.82, 2.24) is 10.6 Å². The maximum atomic E-state index is 10.7. The summed E-state index contributed by atoms with van der Waals surface area (Å²) in [4.78, 5) is 20.9. The SMILES string of the molecule is O=CC1CNCCC(=O)N1. The van der Waals surface area contributed by atoms with Gasteiger partial charge in [0.25, 0.3) is 0 Å². The first-order valence-corrected chi connectivity index (χ1v) is 3.28. The summed E-state index contributed by atoms with van der Waals surface area (Å²) in [7, 11) is 0. The van der Waals surface area contributed by atoms with Gasteiger partial charge < -0.3 is 15.4 Å². The van der Waals surface area contributed by atoms with Gasteiger partial charge in [-0.2, -0.15) is 0 Å². The number of amides is 1. The Morgan fingerprint density at radius 2 is 2.40 bits per heavy atom. The van der Waals surface area contributed by atoms with E-state index in [0.29, 0.717) is 19.5 Å². The number of nitrogens with one attached hydrogen (secondary N) is 2. The molecule has 1 atom stereocenters. The van der Waals surface area contributed by atoms with Gasteiger partial charge in [0.2, 0.25) is 5.91 Å². The fourth-order valence-corrected chi connectivity index (χ4v) is 0.872. The molecule has 1 unspecified atom stereocenters. The molecular weight excluding hydrogens is 132 g/mol. The molecule has 0 bridgehead atoms. The van der Waals surface area contributed by atoms with Crippen LogP contribution in [-0.4, -0.2) is 31.3 Å². The van der Waals surface area contributed by atoms with E-state index in [2.05, 4.69) is 10.6 Å². The summed E-state index contributed by atoms with van der Waals surface area (Å²) in [5.74, 6) is -0.0536. The Morgan fingerprint density at radius 1 is 1.60 bits per heavy atom. The molecule has 0 aromatic rings. The van der Waals surface area contributed by atoms with Crippen molar-refractivity contribution < 1.29 is 9.59 Å². The highest BCUT2D eigenvalue weighted by Gasteiger charge is 2.13. The predicted octanol–water partition coefficient (Wildman–Crippen LogP) is -1.34. The fourth-order valence-electron chi connectivity index (χ4n) is 0.872. The zero-order valence-electron chi connectivity index (χ0n) is 5.59. The van der Waals surface area contributed by atoms with Gasteiger partial charge in [0.15, 0.2) is 0 Å². The molecule has 0 aliphatic carbocycles. The molecule has 1 saturated heterocycles. The van der Waals surface area contributed by atoms with Crippen LogP contribution in [0.25, 0.3) is 0 Å². The minimum absolute atomic E-state index is 0.0536. The Morgan fingerprint density at radius 3 is 3.10 bits per heavy atom. The van der Waals surface area contributed by atoms with E-state index in [1.807, 2.05) is 0 Å². The number of carbonyl (C=O) groups excluding carboxylic acids is 2. The molecule has 2 N–H and O–H groups in total. The largest absolute Gasteiger partial charge is 0.345 e. The van der Waals surface area contributed by atoms with E-state index in [0.717, 1.165) is 6.29 Å². The van der Waals surface area contributed by atoms with E-state index in [1.165, 1.54) is 0 Å². The molecule has 1 amide bonds. The summed E-state index contributed by atoms with van der Waals surface area (Å²) in [5.41, 5.74) is 0. The van der Waals surface area contributed by atoms with Crippen molar-refractivity contribution in [3.05, 3.63) is 0 Å². The second-order valence-electron chi connectivity index (χ2n) is 2.26. The van der Waals surface area contributed by atoms with Crippen LogP contribution in [-0.2, 0) is 9.59 Å². The lowest BCUT2D eigenvalue weighted by molar-refractivity contribution is -0.123. The zero-order chi connectivity index (χ0) is 7.40. The Balaban J connectivity index is 2.45. The lowest BCUT2D eigenvalue weighted by atomic mass is 10.3. The normalized spacial score (nSPS) is 26.8. The van der Waals surface area contributed by atoms with Gasteiger partial charge in [-0.15, -0.1) is 0 Å². The van der Waals surface area contributed by atoms with Crippen LogP contribution >= 0.6 is 0 Å². The standard InChI is InChI=1S/C6H10N2O2/c9-4-5-3-7-2-1-6(10)8-5/h4-5,7H,1-3H2,(H,8,10). The van der Waals surface area contributed by atoms with Crippen molar-refractivity contribution in [2.75, 3.05) is 13.1 Å². The van der Waals surface area contributed by atoms with Crippen LogP contribution in [0.3, 0.4) is 0 Å². The first-order valence-electron chi connectivity index (χ1n) is 3.28. The van der Waals surface area contributed by atoms with Gasteiger partial charge in [-0.05, 0) is 0 Å². The van der Waals surface area contributed by atoms with E-state index >= 15 is 0 Å². The lowest BCUT2D eigenvalue weighted by Crippen LogP contribution is -2.38. The second kappa shape index (κ2) is 3.31. The molecule has 1 heterocycles. The van der Waals surface area contributed by atoms with Gasteiger partial charge in [-0.25, -0.2) is 0 Å². The minimum Gasteiger partial charge on any atom is -0.345 e. The monoisotopic (exact) mass is 142 g/mol. The average molecular weight is 142 g/mol. The highest BCUT2D eigenvalue weighted by atomic mass is 16.2. The van der Waals surface area contributed by atoms with Crippen LogP contribution in [0.1, 0.15) is 6.42 Å². The van der Waals surface area contributed by atoms with Gasteiger partial charge in [-0.3, -0.25) is 4.79 Å². The zero-order valence-corrected chi connectivity index (χ0v) is 5.59. The van der Waals surface area contributed by atoms with Gasteiger partial charge >= 0.3 is 0 Å². The van der Waals surface area contributed by atoms with Gasteiger partial charge in [0, 0.05) is 19.5 Å². The lowest BCUT2D eigenvalue weighted by Gasteiger charge is -2.05. The third kappa shape index (κ3) is 1.80. The first kappa shape index (κ1) is 7.21. The molecule has 4 nitrogen and oxygen atoms in total. The van der Waals surface area contributed by atoms with E-state index in [4.69, 9.17) is 0 Å². The maximum absolute atomic E-state index is 10.7. The van der Waals surface area contributed by atoms with Crippen LogP contribution in [0.15, 0.2) is 0 Å². The van der Waals surface area contributed by atoms with Crippen LogP contribution in [0.2, 0.25) is 0 Å². The minimum atomic E-state index is -0.338. The average Bonchev–Trinajstić information content (AvgIpc) is 2.13. The molecule has 4 heteroatoms. The Bertz CT molecular complexity index is 147. The quantitative estimate of drug-likeness (QED) is 0.446. The molecule has 10 heavy (non-hydrogen) atoms. The summed E-state index contributed by atoms with van der Waals surface area (Å²) in [6.45, 7) is 1.21. The predicted molar refractivity (Wildman–Crippen MR) is 35.5 cm³/mol. The summed E-state index contributed by atoms with van der Waals surface area (Å²) < 4.78 is 0. The molecule has 1 rings (SSSR count). The molecule has 0 aromatic heterocycles. The maximum Gasteiger partial charge on any atom is 0.221 e. The Hall–Kier alpha value is -0.900. The fraction of sp³-hybridized carbons (Fsp3) is 0.667. The third-order valence-corrected chi connectivity index (χ3v) is 1.40. The highest BCUT2D eigenvalue weighted by Crippen LogP contribution is 1.86. The van der Waals surface area contributed by atoms with Crippen LogP contribution in [0.4, 0.5) is 0 Å². The number of hydrogen-bond acceptors (Lipinski definition) is 3. The first-order chi connectivity index (χ1) is 4.83. The van der Waals surface area contributed by atoms with Crippen molar-refractivity contribution >= 4 is 12.2 Å². The molecule has 0 aromatic carbocycles.